The second-order valence-corrected chi connectivity index (χ2v) is 12.1. The molecule has 2 atom stereocenters. The predicted octanol–water partition coefficient (Wildman–Crippen LogP) is 1.80. The molecule has 3 aliphatic rings. The Balaban J connectivity index is 1.58. The summed E-state index contributed by atoms with van der Waals surface area (Å²) in [5, 5.41) is 2.58. The fourth-order valence-electron chi connectivity index (χ4n) is 5.19. The van der Waals surface area contributed by atoms with E-state index >= 15 is 4.39 Å². The molecule has 2 aromatic rings. The van der Waals surface area contributed by atoms with Gasteiger partial charge in [0.2, 0.25) is 21.9 Å². The fraction of sp³-hybridized carbons (Fsp3) is 0.417. The van der Waals surface area contributed by atoms with Crippen molar-refractivity contribution in [2.45, 2.75) is 36.5 Å². The second-order valence-electron chi connectivity index (χ2n) is 9.80. The smallest absolute Gasteiger partial charge is 0.274 e. The number of guanidine groups is 1. The van der Waals surface area contributed by atoms with Crippen LogP contribution >= 0.6 is 0 Å². The summed E-state index contributed by atoms with van der Waals surface area (Å²) in [6, 6.07) is 6.00. The summed E-state index contributed by atoms with van der Waals surface area (Å²) in [4.78, 5) is 35.2. The number of benzene rings is 1. The number of carbonyl (C=O) groups is 2. The first-order valence-electron chi connectivity index (χ1n) is 11.8. The number of anilines is 1. The number of likely N-dealkylation sites (tertiary alicyclic amines) is 1. The third-order valence-electron chi connectivity index (χ3n) is 7.58. The maximum absolute atomic E-state index is 15.4. The quantitative estimate of drug-likeness (QED) is 0.616. The van der Waals surface area contributed by atoms with Gasteiger partial charge in [0.25, 0.3) is 5.91 Å². The highest BCUT2D eigenvalue weighted by Gasteiger charge is 2.67. The number of nitrogens with two attached hydrogens (primary N) is 1. The second kappa shape index (κ2) is 8.47. The van der Waals surface area contributed by atoms with E-state index in [0.29, 0.717) is 0 Å². The largest absolute Gasteiger partial charge is 0.369 e. The molecule has 3 heterocycles. The number of pyridine rings is 1. The van der Waals surface area contributed by atoms with Gasteiger partial charge >= 0.3 is 0 Å². The van der Waals surface area contributed by atoms with Crippen molar-refractivity contribution in [1.29, 1.82) is 0 Å². The van der Waals surface area contributed by atoms with E-state index in [1.807, 2.05) is 0 Å². The monoisotopic (exact) mass is 532 g/mol. The number of halogens is 2. The third kappa shape index (κ3) is 3.83. The van der Waals surface area contributed by atoms with Gasteiger partial charge in [-0.3, -0.25) is 9.59 Å². The van der Waals surface area contributed by atoms with E-state index in [0.717, 1.165) is 35.5 Å². The van der Waals surface area contributed by atoms with Gasteiger partial charge in [-0.15, -0.1) is 0 Å². The van der Waals surface area contributed by atoms with E-state index in [4.69, 9.17) is 5.73 Å². The number of sulfonamides is 1. The van der Waals surface area contributed by atoms with E-state index in [-0.39, 0.29) is 54.2 Å². The predicted molar refractivity (Wildman–Crippen MR) is 131 cm³/mol. The van der Waals surface area contributed by atoms with Crippen LogP contribution in [0.25, 0.3) is 0 Å². The number of aromatic nitrogens is 1. The molecule has 1 aromatic heterocycles. The summed E-state index contributed by atoms with van der Waals surface area (Å²) in [5.74, 6) is -2.57. The van der Waals surface area contributed by atoms with Crippen molar-refractivity contribution in [3.05, 3.63) is 59.4 Å². The molecule has 2 aliphatic heterocycles. The van der Waals surface area contributed by atoms with Crippen LogP contribution in [0.5, 0.6) is 0 Å². The number of amides is 2. The summed E-state index contributed by atoms with van der Waals surface area (Å²) >= 11 is 0. The third-order valence-corrected chi connectivity index (χ3v) is 10.2. The zero-order valence-corrected chi connectivity index (χ0v) is 21.1. The van der Waals surface area contributed by atoms with Gasteiger partial charge in [0, 0.05) is 37.3 Å². The maximum Gasteiger partial charge on any atom is 0.274 e. The first kappa shape index (κ1) is 25.1. The van der Waals surface area contributed by atoms with Crippen LogP contribution in [0.15, 0.2) is 41.5 Å². The van der Waals surface area contributed by atoms with Crippen LogP contribution in [0.2, 0.25) is 0 Å². The molecule has 1 aromatic carbocycles. The van der Waals surface area contributed by atoms with E-state index in [2.05, 4.69) is 15.3 Å². The highest BCUT2D eigenvalue weighted by Crippen LogP contribution is 2.52. The summed E-state index contributed by atoms with van der Waals surface area (Å²) in [7, 11) is -2.91. The molecule has 0 radical (unpaired) electrons. The van der Waals surface area contributed by atoms with Crippen molar-refractivity contribution in [3.8, 4) is 0 Å². The van der Waals surface area contributed by atoms with Crippen LogP contribution in [0, 0.1) is 17.6 Å². The Hall–Kier alpha value is -3.61. The van der Waals surface area contributed by atoms with Crippen molar-refractivity contribution in [1.82, 2.24) is 14.2 Å². The maximum atomic E-state index is 15.4. The van der Waals surface area contributed by atoms with Crippen LogP contribution in [-0.4, -0.2) is 65.3 Å². The molecule has 1 aliphatic carbocycles. The SMILES string of the molecule is CN1C(N)=N[C@](C)(c2cc(NC(=O)c3ccc(F)cn3)ccc2F)C2(CCN(C(=O)C3CC3)C2)S1(=O)=O. The highest BCUT2D eigenvalue weighted by atomic mass is 32.2. The molecular weight excluding hydrogens is 506 g/mol. The highest BCUT2D eigenvalue weighted by molar-refractivity contribution is 7.91. The molecule has 1 saturated heterocycles. The molecule has 0 bridgehead atoms. The molecule has 2 amide bonds. The number of nitrogens with zero attached hydrogens (tertiary/aromatic N) is 4. The van der Waals surface area contributed by atoms with Gasteiger partial charge < -0.3 is 16.0 Å². The Bertz CT molecular complexity index is 1430. The minimum Gasteiger partial charge on any atom is -0.369 e. The number of carbonyl (C=O) groups excluding carboxylic acids is 2. The first-order chi connectivity index (χ1) is 17.4. The zero-order valence-electron chi connectivity index (χ0n) is 20.2. The summed E-state index contributed by atoms with van der Waals surface area (Å²) < 4.78 is 55.6. The first-order valence-corrected chi connectivity index (χ1v) is 13.2. The van der Waals surface area contributed by atoms with Crippen molar-refractivity contribution < 1.29 is 26.8 Å². The van der Waals surface area contributed by atoms with Crippen molar-refractivity contribution >= 4 is 33.5 Å². The van der Waals surface area contributed by atoms with Crippen molar-refractivity contribution in [2.24, 2.45) is 16.6 Å². The Morgan fingerprint density at radius 2 is 1.92 bits per heavy atom. The zero-order chi connectivity index (χ0) is 26.8. The average Bonchev–Trinajstić information content (AvgIpc) is 3.60. The van der Waals surface area contributed by atoms with Gasteiger partial charge in [-0.2, -0.15) is 0 Å². The molecule has 37 heavy (non-hydrogen) atoms. The minimum atomic E-state index is -4.19. The molecule has 3 N–H and O–H groups in total. The number of hydrogen-bond acceptors (Lipinski definition) is 7. The van der Waals surface area contributed by atoms with E-state index in [1.165, 1.54) is 37.1 Å². The Morgan fingerprint density at radius 1 is 1.19 bits per heavy atom. The lowest BCUT2D eigenvalue weighted by Gasteiger charge is -2.48. The van der Waals surface area contributed by atoms with Crippen LogP contribution in [0.4, 0.5) is 14.5 Å². The molecule has 1 unspecified atom stereocenters. The van der Waals surface area contributed by atoms with Crippen LogP contribution < -0.4 is 11.1 Å². The lowest BCUT2D eigenvalue weighted by Crippen LogP contribution is -2.66. The average molecular weight is 533 g/mol. The van der Waals surface area contributed by atoms with E-state index in [1.54, 1.807) is 0 Å². The van der Waals surface area contributed by atoms with Crippen LogP contribution in [0.1, 0.15) is 42.2 Å². The molecule has 1 saturated carbocycles. The normalized spacial score (nSPS) is 26.8. The van der Waals surface area contributed by atoms with E-state index in [9.17, 15) is 22.4 Å². The molecule has 5 rings (SSSR count). The van der Waals surface area contributed by atoms with Gasteiger partial charge in [-0.05, 0) is 56.5 Å². The minimum absolute atomic E-state index is 0.0287. The number of nitrogens with one attached hydrogen (secondary N) is 1. The number of hydrogen-bond donors (Lipinski definition) is 2. The molecule has 10 nitrogen and oxygen atoms in total. The lowest BCUT2D eigenvalue weighted by atomic mass is 9.78. The van der Waals surface area contributed by atoms with Crippen molar-refractivity contribution in [2.75, 3.05) is 25.5 Å². The van der Waals surface area contributed by atoms with E-state index < -0.39 is 37.9 Å². The summed E-state index contributed by atoms with van der Waals surface area (Å²) in [6.07, 6.45) is 2.44. The van der Waals surface area contributed by atoms with Gasteiger partial charge in [-0.1, -0.05) is 0 Å². The fourth-order valence-corrected chi connectivity index (χ4v) is 7.33. The number of aliphatic imine (C=N–C) groups is 1. The molecule has 13 heteroatoms. The summed E-state index contributed by atoms with van der Waals surface area (Å²) in [5.41, 5.74) is 4.28. The van der Waals surface area contributed by atoms with Gasteiger partial charge in [-0.25, -0.2) is 31.5 Å². The van der Waals surface area contributed by atoms with Crippen molar-refractivity contribution in [3.63, 3.8) is 0 Å². The molecular formula is C24H26F2N6O4S. The summed E-state index contributed by atoms with van der Waals surface area (Å²) in [6.45, 7) is 1.50. The molecule has 2 fully saturated rings. The van der Waals surface area contributed by atoms with Gasteiger partial charge in [0.1, 0.15) is 27.6 Å². The van der Waals surface area contributed by atoms with Crippen LogP contribution in [-0.2, 0) is 20.4 Å². The van der Waals surface area contributed by atoms with Crippen LogP contribution in [0.3, 0.4) is 0 Å². The Morgan fingerprint density at radius 3 is 2.57 bits per heavy atom. The molecule has 196 valence electrons. The Kier molecular flexibility index (Phi) is 5.73. The topological polar surface area (TPSA) is 138 Å². The standard InChI is InChI=1S/C24H26F2N6O4S/c1-23(17-11-16(6-7-18(17)26)29-20(33)19-8-5-15(25)12-28-19)24(37(35,36)31(2)22(27)30-23)9-10-32(13-24)21(34)14-3-4-14/h5-8,11-12,14H,3-4,9-10,13H2,1-2H3,(H2,27,30)(H,29,33)/t23-,24?/m1/s1. The lowest BCUT2D eigenvalue weighted by molar-refractivity contribution is -0.131. The molecule has 1 spiro atoms. The number of rotatable bonds is 4. The van der Waals surface area contributed by atoms with Gasteiger partial charge in [0.05, 0.1) is 6.20 Å². The Labute approximate surface area is 212 Å². The van der Waals surface area contributed by atoms with Gasteiger partial charge in [0.15, 0.2) is 0 Å².